The van der Waals surface area contributed by atoms with Crippen LogP contribution in [0.4, 0.5) is 5.69 Å². The van der Waals surface area contributed by atoms with Gasteiger partial charge in [0.25, 0.3) is 5.91 Å². The molecule has 100 valence electrons. The summed E-state index contributed by atoms with van der Waals surface area (Å²) in [5.41, 5.74) is 1.55. The van der Waals surface area contributed by atoms with E-state index in [1.165, 1.54) is 17.8 Å². The van der Waals surface area contributed by atoms with Crippen molar-refractivity contribution >= 4 is 35.0 Å². The molecule has 0 heterocycles. The molecule has 0 radical (unpaired) electrons. The molecule has 0 spiro atoms. The van der Waals surface area contributed by atoms with Crippen LogP contribution in [0.1, 0.15) is 15.9 Å². The third-order valence-corrected chi connectivity index (χ3v) is 3.81. The molecular formula is C15H11ClN2OS. The van der Waals surface area contributed by atoms with E-state index in [1.54, 1.807) is 18.2 Å². The van der Waals surface area contributed by atoms with Crippen LogP contribution in [0.25, 0.3) is 0 Å². The monoisotopic (exact) mass is 302 g/mol. The first kappa shape index (κ1) is 14.4. The summed E-state index contributed by atoms with van der Waals surface area (Å²) in [7, 11) is 0. The molecule has 0 unspecified atom stereocenters. The van der Waals surface area contributed by atoms with E-state index in [0.717, 1.165) is 4.90 Å². The average molecular weight is 303 g/mol. The quantitative estimate of drug-likeness (QED) is 0.865. The van der Waals surface area contributed by atoms with Crippen molar-refractivity contribution in [1.29, 1.82) is 5.26 Å². The number of hydrogen-bond donors (Lipinski definition) is 1. The molecule has 2 aromatic rings. The summed E-state index contributed by atoms with van der Waals surface area (Å²) >= 11 is 7.55. The molecule has 0 saturated carbocycles. The molecule has 0 aromatic heterocycles. The van der Waals surface area contributed by atoms with Gasteiger partial charge in [-0.1, -0.05) is 23.7 Å². The van der Waals surface area contributed by atoms with Gasteiger partial charge in [-0.05, 0) is 36.6 Å². The number of carbonyl (C=O) groups excluding carboxylic acids is 1. The Labute approximate surface area is 126 Å². The van der Waals surface area contributed by atoms with Crippen molar-refractivity contribution in [3.05, 3.63) is 58.6 Å². The van der Waals surface area contributed by atoms with Crippen LogP contribution in [-0.2, 0) is 0 Å². The van der Waals surface area contributed by atoms with Crippen LogP contribution in [0.3, 0.4) is 0 Å². The summed E-state index contributed by atoms with van der Waals surface area (Å²) in [6, 6.07) is 14.1. The maximum atomic E-state index is 12.3. The third-order valence-electron chi connectivity index (χ3n) is 2.70. The van der Waals surface area contributed by atoms with Gasteiger partial charge in [0.1, 0.15) is 0 Å². The van der Waals surface area contributed by atoms with Gasteiger partial charge in [0.05, 0.1) is 27.9 Å². The molecule has 0 saturated heterocycles. The first-order chi connectivity index (χ1) is 9.65. The van der Waals surface area contributed by atoms with E-state index in [9.17, 15) is 4.79 Å². The smallest absolute Gasteiger partial charge is 0.256 e. The topological polar surface area (TPSA) is 52.9 Å². The lowest BCUT2D eigenvalue weighted by Gasteiger charge is -2.09. The van der Waals surface area contributed by atoms with Gasteiger partial charge in [-0.25, -0.2) is 0 Å². The maximum absolute atomic E-state index is 12.3. The average Bonchev–Trinajstić information content (AvgIpc) is 2.49. The molecule has 0 aliphatic carbocycles. The highest BCUT2D eigenvalue weighted by molar-refractivity contribution is 7.98. The predicted octanol–water partition coefficient (Wildman–Crippen LogP) is 4.19. The number of rotatable bonds is 3. The second-order valence-corrected chi connectivity index (χ2v) is 5.22. The van der Waals surface area contributed by atoms with Crippen LogP contribution < -0.4 is 5.32 Å². The highest BCUT2D eigenvalue weighted by atomic mass is 35.5. The van der Waals surface area contributed by atoms with Gasteiger partial charge in [-0.2, -0.15) is 5.26 Å². The molecule has 1 N–H and O–H groups in total. The van der Waals surface area contributed by atoms with Crippen LogP contribution >= 0.6 is 23.4 Å². The molecule has 2 rings (SSSR count). The molecule has 0 fully saturated rings. The Kier molecular flexibility index (Phi) is 4.67. The van der Waals surface area contributed by atoms with Crippen LogP contribution in [0.2, 0.25) is 5.02 Å². The molecule has 2 aromatic carbocycles. The third kappa shape index (κ3) is 3.13. The second-order valence-electron chi connectivity index (χ2n) is 3.96. The first-order valence-corrected chi connectivity index (χ1v) is 7.40. The lowest BCUT2D eigenvalue weighted by Crippen LogP contribution is -2.13. The van der Waals surface area contributed by atoms with Crippen molar-refractivity contribution in [3.8, 4) is 6.07 Å². The highest BCUT2D eigenvalue weighted by Crippen LogP contribution is 2.25. The fourth-order valence-corrected chi connectivity index (χ4v) is 2.53. The number of thioether (sulfide) groups is 1. The van der Waals surface area contributed by atoms with Crippen molar-refractivity contribution < 1.29 is 4.79 Å². The Morgan fingerprint density at radius 1 is 1.30 bits per heavy atom. The molecule has 0 bridgehead atoms. The lowest BCUT2D eigenvalue weighted by atomic mass is 10.2. The van der Waals surface area contributed by atoms with Crippen LogP contribution in [0, 0.1) is 11.3 Å². The number of nitrogens with zero attached hydrogens (tertiary/aromatic N) is 1. The van der Waals surface area contributed by atoms with E-state index in [-0.39, 0.29) is 5.91 Å². The number of nitriles is 1. The normalized spacial score (nSPS) is 9.85. The molecule has 0 aliphatic rings. The van der Waals surface area contributed by atoms with Gasteiger partial charge in [0.15, 0.2) is 0 Å². The lowest BCUT2D eigenvalue weighted by molar-refractivity contribution is 0.102. The van der Waals surface area contributed by atoms with Crippen molar-refractivity contribution in [3.63, 3.8) is 0 Å². The van der Waals surface area contributed by atoms with E-state index in [4.69, 9.17) is 16.9 Å². The minimum Gasteiger partial charge on any atom is -0.321 e. The Balaban J connectivity index is 2.26. The van der Waals surface area contributed by atoms with Crippen LogP contribution in [-0.4, -0.2) is 12.2 Å². The van der Waals surface area contributed by atoms with Gasteiger partial charge in [0, 0.05) is 4.90 Å². The predicted molar refractivity (Wildman–Crippen MR) is 82.3 cm³/mol. The number of hydrogen-bond acceptors (Lipinski definition) is 3. The fraction of sp³-hybridized carbons (Fsp3) is 0.0667. The molecule has 5 heteroatoms. The van der Waals surface area contributed by atoms with Gasteiger partial charge in [-0.3, -0.25) is 4.79 Å². The molecule has 0 aliphatic heterocycles. The minimum absolute atomic E-state index is 0.221. The Morgan fingerprint density at radius 2 is 2.05 bits per heavy atom. The number of anilines is 1. The standard InChI is InChI=1S/C15H11ClN2OS/c1-20-14-5-3-2-4-11(14)15(19)18-13-7-6-10(9-17)8-12(13)16/h2-8H,1H3,(H,18,19). The van der Waals surface area contributed by atoms with Crippen molar-refractivity contribution in [2.24, 2.45) is 0 Å². The van der Waals surface area contributed by atoms with Gasteiger partial charge in [-0.15, -0.1) is 11.8 Å². The van der Waals surface area contributed by atoms with Gasteiger partial charge in [0.2, 0.25) is 0 Å². The molecular weight excluding hydrogens is 292 g/mol. The van der Waals surface area contributed by atoms with Gasteiger partial charge < -0.3 is 5.32 Å². The zero-order valence-electron chi connectivity index (χ0n) is 10.7. The second kappa shape index (κ2) is 6.47. The number of amides is 1. The SMILES string of the molecule is CSc1ccccc1C(=O)Nc1ccc(C#N)cc1Cl. The largest absolute Gasteiger partial charge is 0.321 e. The van der Waals surface area contributed by atoms with Crippen molar-refractivity contribution in [1.82, 2.24) is 0 Å². The van der Waals surface area contributed by atoms with E-state index in [2.05, 4.69) is 5.32 Å². The number of carbonyl (C=O) groups is 1. The number of benzene rings is 2. The van der Waals surface area contributed by atoms with Crippen LogP contribution in [0.15, 0.2) is 47.4 Å². The van der Waals surface area contributed by atoms with E-state index in [1.807, 2.05) is 30.5 Å². The zero-order valence-corrected chi connectivity index (χ0v) is 12.3. The molecule has 0 atom stereocenters. The fourth-order valence-electron chi connectivity index (χ4n) is 1.71. The zero-order chi connectivity index (χ0) is 14.5. The van der Waals surface area contributed by atoms with E-state index < -0.39 is 0 Å². The summed E-state index contributed by atoms with van der Waals surface area (Å²) in [5, 5.41) is 11.9. The van der Waals surface area contributed by atoms with Gasteiger partial charge >= 0.3 is 0 Å². The minimum atomic E-state index is -0.221. The Morgan fingerprint density at radius 3 is 2.70 bits per heavy atom. The number of halogens is 1. The van der Waals surface area contributed by atoms with Crippen molar-refractivity contribution in [2.45, 2.75) is 4.90 Å². The van der Waals surface area contributed by atoms with Crippen LogP contribution in [0.5, 0.6) is 0 Å². The highest BCUT2D eigenvalue weighted by Gasteiger charge is 2.12. The number of nitrogens with one attached hydrogen (secondary N) is 1. The summed E-state index contributed by atoms with van der Waals surface area (Å²) in [5.74, 6) is -0.221. The molecule has 3 nitrogen and oxygen atoms in total. The Bertz CT molecular complexity index is 695. The summed E-state index contributed by atoms with van der Waals surface area (Å²) in [4.78, 5) is 13.2. The Hall–Kier alpha value is -1.96. The molecule has 1 amide bonds. The summed E-state index contributed by atoms with van der Waals surface area (Å²) < 4.78 is 0. The molecule has 20 heavy (non-hydrogen) atoms. The summed E-state index contributed by atoms with van der Waals surface area (Å²) in [6.07, 6.45) is 1.92. The summed E-state index contributed by atoms with van der Waals surface area (Å²) in [6.45, 7) is 0. The maximum Gasteiger partial charge on any atom is 0.256 e. The first-order valence-electron chi connectivity index (χ1n) is 5.79. The van der Waals surface area contributed by atoms with E-state index >= 15 is 0 Å². The van der Waals surface area contributed by atoms with Crippen molar-refractivity contribution in [2.75, 3.05) is 11.6 Å². The van der Waals surface area contributed by atoms with E-state index in [0.29, 0.717) is 21.8 Å².